The maximum Gasteiger partial charge on any atom is 0.331 e. The van der Waals surface area contributed by atoms with Crippen LogP contribution in [0.5, 0.6) is 0 Å². The maximum atomic E-state index is 12.3. The standard InChI is InChI=1S/C25H36O6/c1-17(2)16-21(26)30-19-11-15-24(5,13-7-12-23(3,4)29)14-10-18(22(27)28)8-9-20-25(19,6)31-20/h7,10-12,15-16,19-20,29H,8-9,13-14H2,1-6H3,(H,27,28). The van der Waals surface area contributed by atoms with Crippen molar-refractivity contribution in [2.24, 2.45) is 5.41 Å². The Bertz CT molecular complexity index is 808. The smallest absolute Gasteiger partial charge is 0.331 e. The zero-order valence-electron chi connectivity index (χ0n) is 19.5. The summed E-state index contributed by atoms with van der Waals surface area (Å²) in [7, 11) is 0. The van der Waals surface area contributed by atoms with Gasteiger partial charge in [-0.2, -0.15) is 0 Å². The van der Waals surface area contributed by atoms with Gasteiger partial charge in [-0.25, -0.2) is 9.59 Å². The van der Waals surface area contributed by atoms with Crippen molar-refractivity contribution in [3.8, 4) is 0 Å². The number of ether oxygens (including phenoxy) is 2. The molecule has 2 aliphatic rings. The topological polar surface area (TPSA) is 96.4 Å². The fourth-order valence-corrected chi connectivity index (χ4v) is 3.71. The van der Waals surface area contributed by atoms with Crippen molar-refractivity contribution in [2.45, 2.75) is 90.6 Å². The van der Waals surface area contributed by atoms with Gasteiger partial charge in [-0.3, -0.25) is 0 Å². The van der Waals surface area contributed by atoms with E-state index in [-0.39, 0.29) is 6.10 Å². The lowest BCUT2D eigenvalue weighted by molar-refractivity contribution is -0.143. The highest BCUT2D eigenvalue weighted by Crippen LogP contribution is 2.45. The zero-order valence-corrected chi connectivity index (χ0v) is 19.5. The third kappa shape index (κ3) is 7.47. The van der Waals surface area contributed by atoms with E-state index >= 15 is 0 Å². The van der Waals surface area contributed by atoms with Gasteiger partial charge in [0.05, 0.1) is 11.7 Å². The molecule has 1 fully saturated rings. The van der Waals surface area contributed by atoms with Crippen LogP contribution < -0.4 is 0 Å². The van der Waals surface area contributed by atoms with E-state index in [9.17, 15) is 19.8 Å². The van der Waals surface area contributed by atoms with Crippen molar-refractivity contribution in [3.05, 3.63) is 47.6 Å². The molecule has 0 aromatic carbocycles. The average Bonchev–Trinajstić information content (AvgIpc) is 3.27. The summed E-state index contributed by atoms with van der Waals surface area (Å²) in [5, 5.41) is 19.6. The third-order valence-corrected chi connectivity index (χ3v) is 5.74. The lowest BCUT2D eigenvalue weighted by Gasteiger charge is -2.26. The molecule has 1 aliphatic carbocycles. The summed E-state index contributed by atoms with van der Waals surface area (Å²) in [6.07, 6.45) is 12.0. The summed E-state index contributed by atoms with van der Waals surface area (Å²) in [6, 6.07) is 0. The predicted octanol–water partition coefficient (Wildman–Crippen LogP) is 4.50. The van der Waals surface area contributed by atoms with Gasteiger partial charge in [0, 0.05) is 11.6 Å². The minimum atomic E-state index is -0.930. The summed E-state index contributed by atoms with van der Waals surface area (Å²) in [5.41, 5.74) is -0.820. The molecule has 4 atom stereocenters. The van der Waals surface area contributed by atoms with Crippen LogP contribution >= 0.6 is 0 Å². The van der Waals surface area contributed by atoms with E-state index in [1.807, 2.05) is 45.9 Å². The van der Waals surface area contributed by atoms with Crippen LogP contribution in [-0.4, -0.2) is 45.6 Å². The Morgan fingerprint density at radius 1 is 1.32 bits per heavy atom. The van der Waals surface area contributed by atoms with Crippen LogP contribution in [0.4, 0.5) is 0 Å². The van der Waals surface area contributed by atoms with Gasteiger partial charge in [-0.1, -0.05) is 36.8 Å². The first-order valence-corrected chi connectivity index (χ1v) is 10.8. The molecule has 2 N–H and O–H groups in total. The Kier molecular flexibility index (Phi) is 7.71. The van der Waals surface area contributed by atoms with Crippen LogP contribution in [-0.2, 0) is 19.1 Å². The number of carboxylic acid groups (broad SMARTS) is 1. The quantitative estimate of drug-likeness (QED) is 0.278. The van der Waals surface area contributed by atoms with Crippen molar-refractivity contribution in [1.82, 2.24) is 0 Å². The van der Waals surface area contributed by atoms with Gasteiger partial charge < -0.3 is 19.7 Å². The first-order chi connectivity index (χ1) is 14.2. The Hall–Kier alpha value is -2.18. The summed E-state index contributed by atoms with van der Waals surface area (Å²) in [4.78, 5) is 24.0. The molecule has 6 heteroatoms. The summed E-state index contributed by atoms with van der Waals surface area (Å²) in [6.45, 7) is 11.0. The van der Waals surface area contributed by atoms with Crippen LogP contribution in [0.3, 0.4) is 0 Å². The predicted molar refractivity (Wildman–Crippen MR) is 119 cm³/mol. The van der Waals surface area contributed by atoms with Gasteiger partial charge in [0.1, 0.15) is 5.60 Å². The zero-order chi connectivity index (χ0) is 23.4. The molecule has 4 unspecified atom stereocenters. The third-order valence-electron chi connectivity index (χ3n) is 5.74. The number of carbonyl (C=O) groups is 2. The Morgan fingerprint density at radius 2 is 2.00 bits per heavy atom. The normalized spacial score (nSPS) is 31.3. The summed E-state index contributed by atoms with van der Waals surface area (Å²) < 4.78 is 11.6. The molecule has 31 heavy (non-hydrogen) atoms. The number of epoxide rings is 1. The van der Waals surface area contributed by atoms with E-state index in [1.165, 1.54) is 6.08 Å². The second-order valence-corrected chi connectivity index (χ2v) is 9.92. The maximum absolute atomic E-state index is 12.3. The van der Waals surface area contributed by atoms with Gasteiger partial charge in [-0.05, 0) is 71.8 Å². The number of carboxylic acids is 1. The Balaban J connectivity index is 2.37. The Labute approximate surface area is 185 Å². The molecule has 0 aromatic rings. The number of carbonyl (C=O) groups excluding carboxylic acids is 1. The van der Waals surface area contributed by atoms with Crippen molar-refractivity contribution < 1.29 is 29.3 Å². The average molecular weight is 433 g/mol. The molecular formula is C25H36O6. The molecule has 6 nitrogen and oxygen atoms in total. The lowest BCUT2D eigenvalue weighted by atomic mass is 9.81. The van der Waals surface area contributed by atoms with E-state index in [2.05, 4.69) is 0 Å². The molecule has 0 aromatic heterocycles. The molecule has 1 aliphatic heterocycles. The van der Waals surface area contributed by atoms with E-state index in [0.29, 0.717) is 31.3 Å². The molecular weight excluding hydrogens is 396 g/mol. The summed E-state index contributed by atoms with van der Waals surface area (Å²) in [5.74, 6) is -1.35. The number of aliphatic carboxylic acids is 1. The first kappa shape index (κ1) is 25.1. The Morgan fingerprint density at radius 3 is 2.58 bits per heavy atom. The highest BCUT2D eigenvalue weighted by molar-refractivity contribution is 5.86. The number of esters is 1. The molecule has 0 radical (unpaired) electrons. The van der Waals surface area contributed by atoms with Crippen LogP contribution in [0, 0.1) is 5.41 Å². The number of aliphatic hydroxyl groups is 1. The second-order valence-electron chi connectivity index (χ2n) is 9.92. The first-order valence-electron chi connectivity index (χ1n) is 10.8. The molecule has 172 valence electrons. The molecule has 0 bridgehead atoms. The molecule has 1 saturated heterocycles. The fraction of sp³-hybridized carbons (Fsp3) is 0.600. The fourth-order valence-electron chi connectivity index (χ4n) is 3.71. The highest BCUT2D eigenvalue weighted by Gasteiger charge is 2.58. The van der Waals surface area contributed by atoms with E-state index in [1.54, 1.807) is 26.0 Å². The SMILES string of the molecule is CC(C)=CC(=O)OC1C=CC(C)(CC=CC(C)(C)O)CC=C(C(=O)O)CCC2OC12C. The van der Waals surface area contributed by atoms with Crippen LogP contribution in [0.2, 0.25) is 0 Å². The minimum Gasteiger partial charge on any atom is -0.478 e. The monoisotopic (exact) mass is 432 g/mol. The minimum absolute atomic E-state index is 0.177. The number of rotatable bonds is 6. The van der Waals surface area contributed by atoms with Crippen molar-refractivity contribution in [3.63, 3.8) is 0 Å². The van der Waals surface area contributed by atoms with Gasteiger partial charge in [0.2, 0.25) is 0 Å². The summed E-state index contributed by atoms with van der Waals surface area (Å²) >= 11 is 0. The molecule has 1 heterocycles. The number of fused-ring (bicyclic) bond motifs is 1. The lowest BCUT2D eigenvalue weighted by Crippen LogP contribution is -2.32. The van der Waals surface area contributed by atoms with Gasteiger partial charge in [0.25, 0.3) is 0 Å². The van der Waals surface area contributed by atoms with Crippen molar-refractivity contribution in [2.75, 3.05) is 0 Å². The van der Waals surface area contributed by atoms with Crippen LogP contribution in [0.15, 0.2) is 47.6 Å². The van der Waals surface area contributed by atoms with Crippen molar-refractivity contribution >= 4 is 11.9 Å². The number of hydrogen-bond acceptors (Lipinski definition) is 5. The van der Waals surface area contributed by atoms with E-state index < -0.39 is 34.7 Å². The molecule has 2 rings (SSSR count). The van der Waals surface area contributed by atoms with Crippen LogP contribution in [0.25, 0.3) is 0 Å². The highest BCUT2D eigenvalue weighted by atomic mass is 16.6. The van der Waals surface area contributed by atoms with Crippen LogP contribution in [0.1, 0.15) is 67.2 Å². The molecule has 0 amide bonds. The van der Waals surface area contributed by atoms with Gasteiger partial charge in [0.15, 0.2) is 6.10 Å². The second kappa shape index (κ2) is 9.53. The van der Waals surface area contributed by atoms with E-state index in [4.69, 9.17) is 9.47 Å². The van der Waals surface area contributed by atoms with Gasteiger partial charge >= 0.3 is 11.9 Å². The number of hydrogen-bond donors (Lipinski definition) is 2. The largest absolute Gasteiger partial charge is 0.478 e. The van der Waals surface area contributed by atoms with E-state index in [0.717, 1.165) is 5.57 Å². The van der Waals surface area contributed by atoms with Crippen molar-refractivity contribution in [1.29, 1.82) is 0 Å². The molecule has 0 saturated carbocycles. The molecule has 0 spiro atoms. The number of allylic oxidation sites excluding steroid dienone is 4. The van der Waals surface area contributed by atoms with Gasteiger partial charge in [-0.15, -0.1) is 0 Å².